The monoisotopic (exact) mass is 332 g/mol. The molecule has 1 atom stereocenters. The first kappa shape index (κ1) is 17.2. The number of alkyl halides is 3. The highest BCUT2D eigenvalue weighted by Gasteiger charge is 2.35. The molecule has 0 radical (unpaired) electrons. The van der Waals surface area contributed by atoms with E-state index in [-0.39, 0.29) is 24.4 Å². The van der Waals surface area contributed by atoms with Gasteiger partial charge in [0.05, 0.1) is 11.5 Å². The van der Waals surface area contributed by atoms with Crippen molar-refractivity contribution in [1.82, 2.24) is 10.2 Å². The molecule has 1 heterocycles. The summed E-state index contributed by atoms with van der Waals surface area (Å²) in [7, 11) is 0. The second-order valence-corrected chi connectivity index (χ2v) is 5.35. The van der Waals surface area contributed by atoms with Crippen LogP contribution in [0.4, 0.5) is 17.6 Å². The summed E-state index contributed by atoms with van der Waals surface area (Å²) in [4.78, 5) is 25.1. The molecule has 1 aromatic carbocycles. The Morgan fingerprint density at radius 1 is 1.39 bits per heavy atom. The van der Waals surface area contributed by atoms with E-state index in [1.165, 1.54) is 4.90 Å². The summed E-state index contributed by atoms with van der Waals surface area (Å²) in [6.45, 7) is 2.06. The fraction of sp³-hybridized carbons (Fsp3) is 0.467. The Hall–Kier alpha value is -2.12. The molecule has 0 bridgehead atoms. The van der Waals surface area contributed by atoms with Crippen LogP contribution in [-0.4, -0.2) is 29.8 Å². The van der Waals surface area contributed by atoms with Gasteiger partial charge >= 0.3 is 6.18 Å². The molecular formula is C15H16F4N2O2. The molecule has 0 aromatic heterocycles. The van der Waals surface area contributed by atoms with Crippen molar-refractivity contribution >= 4 is 11.8 Å². The van der Waals surface area contributed by atoms with Crippen molar-refractivity contribution in [3.05, 3.63) is 35.1 Å². The minimum atomic E-state index is -4.63. The van der Waals surface area contributed by atoms with Gasteiger partial charge in [-0.05, 0) is 30.7 Å². The lowest BCUT2D eigenvalue weighted by atomic mass is 10.1. The zero-order chi connectivity index (χ0) is 17.2. The van der Waals surface area contributed by atoms with Gasteiger partial charge in [-0.1, -0.05) is 0 Å². The second kappa shape index (κ2) is 6.55. The molecule has 8 heteroatoms. The minimum absolute atomic E-state index is 0.0367. The predicted octanol–water partition coefficient (Wildman–Crippen LogP) is 2.33. The Labute approximate surface area is 130 Å². The zero-order valence-corrected chi connectivity index (χ0v) is 12.4. The van der Waals surface area contributed by atoms with Gasteiger partial charge in [0, 0.05) is 26.1 Å². The molecule has 0 saturated carbocycles. The average molecular weight is 332 g/mol. The van der Waals surface area contributed by atoms with Crippen LogP contribution in [0.1, 0.15) is 24.5 Å². The highest BCUT2D eigenvalue weighted by atomic mass is 19.4. The number of halogens is 4. The maximum absolute atomic E-state index is 13.2. The quantitative estimate of drug-likeness (QED) is 0.861. The average Bonchev–Trinajstić information content (AvgIpc) is 2.84. The summed E-state index contributed by atoms with van der Waals surface area (Å²) in [5, 5.41) is 2.36. The van der Waals surface area contributed by atoms with Crippen LogP contribution in [0, 0.1) is 11.7 Å². The molecule has 1 fully saturated rings. The van der Waals surface area contributed by atoms with Crippen LogP contribution in [0.15, 0.2) is 18.2 Å². The van der Waals surface area contributed by atoms with Crippen molar-refractivity contribution in [2.45, 2.75) is 26.1 Å². The predicted molar refractivity (Wildman–Crippen MR) is 73.6 cm³/mol. The number of rotatable bonds is 4. The first-order chi connectivity index (χ1) is 10.7. The smallest absolute Gasteiger partial charge is 0.352 e. The number of nitrogens with one attached hydrogen (secondary N) is 1. The molecule has 4 nitrogen and oxygen atoms in total. The fourth-order valence-electron chi connectivity index (χ4n) is 2.57. The highest BCUT2D eigenvalue weighted by Crippen LogP contribution is 2.32. The lowest BCUT2D eigenvalue weighted by Crippen LogP contribution is -2.33. The summed E-state index contributed by atoms with van der Waals surface area (Å²) in [5.74, 6) is -2.07. The van der Waals surface area contributed by atoms with Crippen molar-refractivity contribution in [3.8, 4) is 0 Å². The van der Waals surface area contributed by atoms with Gasteiger partial charge in [-0.25, -0.2) is 4.39 Å². The molecule has 0 spiro atoms. The van der Waals surface area contributed by atoms with E-state index in [4.69, 9.17) is 0 Å². The topological polar surface area (TPSA) is 49.4 Å². The molecule has 0 unspecified atom stereocenters. The Balaban J connectivity index is 2.05. The Bertz CT molecular complexity index is 616. The van der Waals surface area contributed by atoms with E-state index in [2.05, 4.69) is 5.32 Å². The molecular weight excluding hydrogens is 316 g/mol. The van der Waals surface area contributed by atoms with Crippen molar-refractivity contribution in [2.75, 3.05) is 13.1 Å². The first-order valence-corrected chi connectivity index (χ1v) is 7.13. The van der Waals surface area contributed by atoms with Crippen LogP contribution in [0.25, 0.3) is 0 Å². The normalized spacial score (nSPS) is 18.4. The third kappa shape index (κ3) is 4.00. The van der Waals surface area contributed by atoms with Gasteiger partial charge in [-0.15, -0.1) is 0 Å². The van der Waals surface area contributed by atoms with Gasteiger partial charge in [0.25, 0.3) is 0 Å². The van der Waals surface area contributed by atoms with Crippen LogP contribution >= 0.6 is 0 Å². The van der Waals surface area contributed by atoms with Gasteiger partial charge in [0.15, 0.2) is 0 Å². The summed E-state index contributed by atoms with van der Waals surface area (Å²) in [6.07, 6.45) is -4.59. The van der Waals surface area contributed by atoms with E-state index in [9.17, 15) is 27.2 Å². The van der Waals surface area contributed by atoms with Crippen LogP contribution in [0.3, 0.4) is 0 Å². The fourth-order valence-corrected chi connectivity index (χ4v) is 2.57. The third-order valence-electron chi connectivity index (χ3n) is 3.79. The summed E-state index contributed by atoms with van der Waals surface area (Å²) >= 11 is 0. The lowest BCUT2D eigenvalue weighted by molar-refractivity contribution is -0.138. The zero-order valence-electron chi connectivity index (χ0n) is 12.4. The second-order valence-electron chi connectivity index (χ2n) is 5.35. The molecule has 1 saturated heterocycles. The minimum Gasteiger partial charge on any atom is -0.352 e. The standard InChI is InChI=1S/C15H16F4N2O2/c1-2-21-8-10(6-13(21)22)14(23)20-7-9-5-11(16)3-4-12(9)15(17,18)19/h3-5,10H,2,6-8H2,1H3,(H,20,23)/t10-/m0/s1. The van der Waals surface area contributed by atoms with Crippen molar-refractivity contribution in [1.29, 1.82) is 0 Å². The molecule has 23 heavy (non-hydrogen) atoms. The molecule has 2 rings (SSSR count). The number of likely N-dealkylation sites (tertiary alicyclic amines) is 1. The van der Waals surface area contributed by atoms with Crippen molar-refractivity contribution in [3.63, 3.8) is 0 Å². The molecule has 126 valence electrons. The maximum Gasteiger partial charge on any atom is 0.416 e. The number of benzene rings is 1. The van der Waals surface area contributed by atoms with Gasteiger partial charge < -0.3 is 10.2 Å². The highest BCUT2D eigenvalue weighted by molar-refractivity contribution is 5.89. The number of hydrogen-bond donors (Lipinski definition) is 1. The van der Waals surface area contributed by atoms with E-state index < -0.39 is 35.9 Å². The summed E-state index contributed by atoms with van der Waals surface area (Å²) < 4.78 is 51.8. The third-order valence-corrected chi connectivity index (χ3v) is 3.79. The first-order valence-electron chi connectivity index (χ1n) is 7.13. The summed E-state index contributed by atoms with van der Waals surface area (Å²) in [5.41, 5.74) is -1.33. The molecule has 1 aliphatic heterocycles. The van der Waals surface area contributed by atoms with Gasteiger partial charge in [-0.2, -0.15) is 13.2 Å². The van der Waals surface area contributed by atoms with E-state index in [0.29, 0.717) is 12.6 Å². The number of carbonyl (C=O) groups excluding carboxylic acids is 2. The molecule has 0 aliphatic carbocycles. The van der Waals surface area contributed by atoms with Crippen molar-refractivity contribution < 1.29 is 27.2 Å². The molecule has 1 aliphatic rings. The van der Waals surface area contributed by atoms with Gasteiger partial charge in [0.2, 0.25) is 11.8 Å². The maximum atomic E-state index is 13.2. The SMILES string of the molecule is CCN1C[C@@H](C(=O)NCc2cc(F)ccc2C(F)(F)F)CC1=O. The van der Waals surface area contributed by atoms with Crippen molar-refractivity contribution in [2.24, 2.45) is 5.92 Å². The largest absolute Gasteiger partial charge is 0.416 e. The lowest BCUT2D eigenvalue weighted by Gasteiger charge is -2.16. The summed E-state index contributed by atoms with van der Waals surface area (Å²) in [6, 6.07) is 2.12. The number of amides is 2. The Morgan fingerprint density at radius 3 is 2.65 bits per heavy atom. The van der Waals surface area contributed by atoms with E-state index in [1.54, 1.807) is 6.92 Å². The van der Waals surface area contributed by atoms with Crippen LogP contribution < -0.4 is 5.32 Å². The van der Waals surface area contributed by atoms with Crippen LogP contribution in [-0.2, 0) is 22.3 Å². The Morgan fingerprint density at radius 2 is 2.09 bits per heavy atom. The number of hydrogen-bond acceptors (Lipinski definition) is 2. The Kier molecular flexibility index (Phi) is 4.91. The molecule has 1 aromatic rings. The van der Waals surface area contributed by atoms with Gasteiger partial charge in [-0.3, -0.25) is 9.59 Å². The van der Waals surface area contributed by atoms with E-state index in [0.717, 1.165) is 12.1 Å². The molecule has 1 N–H and O–H groups in total. The van der Waals surface area contributed by atoms with E-state index in [1.807, 2.05) is 0 Å². The van der Waals surface area contributed by atoms with E-state index >= 15 is 0 Å². The van der Waals surface area contributed by atoms with Crippen LogP contribution in [0.5, 0.6) is 0 Å². The molecule has 2 amide bonds. The number of carbonyl (C=O) groups is 2. The number of nitrogens with zero attached hydrogens (tertiary/aromatic N) is 1. The van der Waals surface area contributed by atoms with Crippen LogP contribution in [0.2, 0.25) is 0 Å². The van der Waals surface area contributed by atoms with Gasteiger partial charge in [0.1, 0.15) is 5.82 Å².